The van der Waals surface area contributed by atoms with E-state index in [1.54, 1.807) is 0 Å². The first kappa shape index (κ1) is 14.0. The van der Waals surface area contributed by atoms with E-state index in [2.05, 4.69) is 15.1 Å². The van der Waals surface area contributed by atoms with Crippen LogP contribution in [-0.2, 0) is 4.74 Å². The zero-order chi connectivity index (χ0) is 14.7. The quantitative estimate of drug-likeness (QED) is 0.883. The van der Waals surface area contributed by atoms with Gasteiger partial charge in [0.2, 0.25) is 0 Å². The van der Waals surface area contributed by atoms with E-state index in [4.69, 9.17) is 4.74 Å². The summed E-state index contributed by atoms with van der Waals surface area (Å²) in [6, 6.07) is 9.91. The van der Waals surface area contributed by atoms with Gasteiger partial charge in [0.25, 0.3) is 0 Å². The molecule has 0 aliphatic carbocycles. The van der Waals surface area contributed by atoms with Crippen LogP contribution in [0.3, 0.4) is 0 Å². The lowest BCUT2D eigenvalue weighted by Crippen LogP contribution is -2.33. The summed E-state index contributed by atoms with van der Waals surface area (Å²) in [5.74, 6) is 1.73. The summed E-state index contributed by atoms with van der Waals surface area (Å²) in [4.78, 5) is 14.2. The highest BCUT2D eigenvalue weighted by molar-refractivity contribution is 7.99. The van der Waals surface area contributed by atoms with Crippen LogP contribution in [0.2, 0.25) is 0 Å². The third kappa shape index (κ3) is 2.76. The maximum absolute atomic E-state index is 12.0. The van der Waals surface area contributed by atoms with Crippen molar-refractivity contribution >= 4 is 23.4 Å². The van der Waals surface area contributed by atoms with Gasteiger partial charge in [-0.25, -0.2) is 4.79 Å². The van der Waals surface area contributed by atoms with E-state index in [0.29, 0.717) is 5.69 Å². The molecule has 0 radical (unpaired) electrons. The first-order valence-corrected chi connectivity index (χ1v) is 8.01. The van der Waals surface area contributed by atoms with Crippen LogP contribution in [-0.4, -0.2) is 47.9 Å². The molecule has 3 rings (SSSR count). The number of hydrogen-bond acceptors (Lipinski definition) is 5. The Kier molecular flexibility index (Phi) is 4.15. The number of carbonyl (C=O) groups excluding carboxylic acids is 1. The van der Waals surface area contributed by atoms with Crippen molar-refractivity contribution in [1.29, 1.82) is 0 Å². The van der Waals surface area contributed by atoms with Crippen molar-refractivity contribution in [2.45, 2.75) is 0 Å². The summed E-state index contributed by atoms with van der Waals surface area (Å²) < 4.78 is 4.87. The predicted octanol–water partition coefficient (Wildman–Crippen LogP) is 2.42. The Morgan fingerprint density at radius 3 is 2.67 bits per heavy atom. The van der Waals surface area contributed by atoms with E-state index in [1.807, 2.05) is 42.1 Å². The van der Waals surface area contributed by atoms with Crippen molar-refractivity contribution in [3.63, 3.8) is 0 Å². The van der Waals surface area contributed by atoms with E-state index < -0.39 is 0 Å². The molecule has 2 aromatic rings. The van der Waals surface area contributed by atoms with Gasteiger partial charge in [-0.2, -0.15) is 16.9 Å². The second kappa shape index (κ2) is 6.22. The third-order valence-electron chi connectivity index (χ3n) is 3.50. The average Bonchev–Trinajstić information content (AvgIpc) is 3.00. The van der Waals surface area contributed by atoms with Crippen molar-refractivity contribution in [1.82, 2.24) is 10.2 Å². The molecule has 1 aliphatic heterocycles. The van der Waals surface area contributed by atoms with Crippen LogP contribution in [0, 0.1) is 0 Å². The van der Waals surface area contributed by atoms with Crippen LogP contribution in [0.1, 0.15) is 10.5 Å². The normalized spacial score (nSPS) is 15.0. The Morgan fingerprint density at radius 2 is 2.00 bits per heavy atom. The molecular formula is C15H17N3O2S. The predicted molar refractivity (Wildman–Crippen MR) is 84.9 cm³/mol. The standard InChI is InChI=1S/C15H17N3O2S/c1-20-15(19)13-14(18-7-9-21-10-8-18)12(16-17-13)11-5-3-2-4-6-11/h2-6H,7-10H2,1H3,(H,16,17). The Bertz CT molecular complexity index is 621. The first-order valence-electron chi connectivity index (χ1n) is 6.86. The molecular weight excluding hydrogens is 286 g/mol. The minimum absolute atomic E-state index is 0.377. The van der Waals surface area contributed by atoms with Crippen LogP contribution in [0.5, 0.6) is 0 Å². The fourth-order valence-electron chi connectivity index (χ4n) is 2.47. The van der Waals surface area contributed by atoms with Crippen molar-refractivity contribution in [2.24, 2.45) is 0 Å². The topological polar surface area (TPSA) is 58.2 Å². The van der Waals surface area contributed by atoms with Gasteiger partial charge in [-0.1, -0.05) is 30.3 Å². The van der Waals surface area contributed by atoms with Gasteiger partial charge in [-0.15, -0.1) is 0 Å². The lowest BCUT2D eigenvalue weighted by molar-refractivity contribution is 0.0594. The number of carbonyl (C=O) groups is 1. The number of rotatable bonds is 3. The number of anilines is 1. The van der Waals surface area contributed by atoms with E-state index in [1.165, 1.54) is 7.11 Å². The molecule has 1 aliphatic rings. The molecule has 0 unspecified atom stereocenters. The van der Waals surface area contributed by atoms with Crippen molar-refractivity contribution in [2.75, 3.05) is 36.6 Å². The van der Waals surface area contributed by atoms with Crippen molar-refractivity contribution in [3.8, 4) is 11.3 Å². The Balaban J connectivity index is 2.07. The minimum Gasteiger partial charge on any atom is -0.464 e. The number of aromatic nitrogens is 2. The lowest BCUT2D eigenvalue weighted by atomic mass is 10.1. The summed E-state index contributed by atoms with van der Waals surface area (Å²) >= 11 is 1.93. The molecule has 1 N–H and O–H groups in total. The van der Waals surface area contributed by atoms with E-state index in [9.17, 15) is 4.79 Å². The highest BCUT2D eigenvalue weighted by Crippen LogP contribution is 2.33. The number of H-pyrrole nitrogens is 1. The summed E-state index contributed by atoms with van der Waals surface area (Å²) in [6.45, 7) is 1.82. The lowest BCUT2D eigenvalue weighted by Gasteiger charge is -2.28. The first-order chi connectivity index (χ1) is 10.3. The molecule has 0 bridgehead atoms. The number of esters is 1. The molecule has 0 amide bonds. The van der Waals surface area contributed by atoms with Gasteiger partial charge in [0, 0.05) is 30.2 Å². The third-order valence-corrected chi connectivity index (χ3v) is 4.45. The number of ether oxygens (including phenoxy) is 1. The Labute approximate surface area is 127 Å². The van der Waals surface area contributed by atoms with Crippen molar-refractivity contribution in [3.05, 3.63) is 36.0 Å². The highest BCUT2D eigenvalue weighted by atomic mass is 32.2. The maximum atomic E-state index is 12.0. The van der Waals surface area contributed by atoms with Gasteiger partial charge in [0.1, 0.15) is 5.69 Å². The monoisotopic (exact) mass is 303 g/mol. The van der Waals surface area contributed by atoms with Gasteiger partial charge in [0.15, 0.2) is 5.69 Å². The fourth-order valence-corrected chi connectivity index (χ4v) is 3.38. The number of thioether (sulfide) groups is 1. The average molecular weight is 303 g/mol. The van der Waals surface area contributed by atoms with Gasteiger partial charge in [-0.3, -0.25) is 5.10 Å². The maximum Gasteiger partial charge on any atom is 0.358 e. The van der Waals surface area contributed by atoms with Crippen LogP contribution < -0.4 is 4.90 Å². The molecule has 21 heavy (non-hydrogen) atoms. The fraction of sp³-hybridized carbons (Fsp3) is 0.333. The van der Waals surface area contributed by atoms with Crippen LogP contribution in [0.4, 0.5) is 5.69 Å². The molecule has 6 heteroatoms. The molecule has 0 atom stereocenters. The number of nitrogens with zero attached hydrogens (tertiary/aromatic N) is 2. The number of nitrogens with one attached hydrogen (secondary N) is 1. The molecule has 1 aromatic heterocycles. The zero-order valence-electron chi connectivity index (χ0n) is 11.8. The molecule has 1 aromatic carbocycles. The van der Waals surface area contributed by atoms with Crippen LogP contribution >= 0.6 is 11.8 Å². The highest BCUT2D eigenvalue weighted by Gasteiger charge is 2.26. The molecule has 110 valence electrons. The Hall–Kier alpha value is -1.95. The second-order valence-corrected chi connectivity index (χ2v) is 5.98. The summed E-state index contributed by atoms with van der Waals surface area (Å²) in [5.41, 5.74) is 3.09. The molecule has 0 saturated carbocycles. The molecule has 5 nitrogen and oxygen atoms in total. The summed E-state index contributed by atoms with van der Waals surface area (Å²) in [6.07, 6.45) is 0. The smallest absolute Gasteiger partial charge is 0.358 e. The summed E-state index contributed by atoms with van der Waals surface area (Å²) in [7, 11) is 1.39. The number of benzene rings is 1. The Morgan fingerprint density at radius 1 is 1.29 bits per heavy atom. The van der Waals surface area contributed by atoms with Crippen LogP contribution in [0.25, 0.3) is 11.3 Å². The largest absolute Gasteiger partial charge is 0.464 e. The minimum atomic E-state index is -0.377. The number of hydrogen-bond donors (Lipinski definition) is 1. The van der Waals surface area contributed by atoms with E-state index in [-0.39, 0.29) is 5.97 Å². The zero-order valence-corrected chi connectivity index (χ0v) is 12.7. The number of aromatic amines is 1. The van der Waals surface area contributed by atoms with E-state index in [0.717, 1.165) is 41.5 Å². The van der Waals surface area contributed by atoms with Gasteiger partial charge in [-0.05, 0) is 0 Å². The van der Waals surface area contributed by atoms with E-state index >= 15 is 0 Å². The molecule has 1 fully saturated rings. The number of methoxy groups -OCH3 is 1. The SMILES string of the molecule is COC(=O)c1[nH]nc(-c2ccccc2)c1N1CCSCC1. The molecule has 2 heterocycles. The summed E-state index contributed by atoms with van der Waals surface area (Å²) in [5, 5.41) is 7.20. The molecule has 1 saturated heterocycles. The van der Waals surface area contributed by atoms with Gasteiger partial charge in [0.05, 0.1) is 12.8 Å². The van der Waals surface area contributed by atoms with Gasteiger partial charge < -0.3 is 9.64 Å². The molecule has 0 spiro atoms. The van der Waals surface area contributed by atoms with Gasteiger partial charge >= 0.3 is 5.97 Å². The second-order valence-electron chi connectivity index (χ2n) is 4.75. The van der Waals surface area contributed by atoms with Crippen LogP contribution in [0.15, 0.2) is 30.3 Å². The van der Waals surface area contributed by atoms with Crippen molar-refractivity contribution < 1.29 is 9.53 Å².